The van der Waals surface area contributed by atoms with Crippen molar-refractivity contribution in [3.05, 3.63) is 55.4 Å². The Hall–Kier alpha value is -0.740. The van der Waals surface area contributed by atoms with E-state index in [1.165, 1.54) is 12.3 Å². The monoisotopic (exact) mass is 377 g/mol. The predicted octanol–water partition coefficient (Wildman–Crippen LogP) is 5.87. The van der Waals surface area contributed by atoms with Gasteiger partial charge in [0.05, 0.1) is 15.7 Å². The molecule has 0 fully saturated rings. The van der Waals surface area contributed by atoms with E-state index < -0.39 is 0 Å². The fourth-order valence-electron chi connectivity index (χ4n) is 1.39. The molecule has 0 spiro atoms. The fourth-order valence-corrected chi connectivity index (χ4v) is 2.32. The van der Waals surface area contributed by atoms with Crippen molar-refractivity contribution in [1.82, 2.24) is 0 Å². The van der Waals surface area contributed by atoms with E-state index in [-0.39, 0.29) is 10.8 Å². The second-order valence-corrected chi connectivity index (χ2v) is 5.79. The topological polar surface area (TPSA) is 32.6 Å². The van der Waals surface area contributed by atoms with E-state index in [9.17, 15) is 5.11 Å². The summed E-state index contributed by atoms with van der Waals surface area (Å²) in [4.78, 5) is 4.21. The quantitative estimate of drug-likeness (QED) is 0.651. The Morgan fingerprint density at radius 3 is 2.47 bits per heavy atom. The molecule has 2 aromatic rings. The van der Waals surface area contributed by atoms with Crippen molar-refractivity contribution < 1.29 is 5.11 Å². The first-order valence-corrected chi connectivity index (χ1v) is 7.07. The van der Waals surface area contributed by atoms with E-state index in [4.69, 9.17) is 34.8 Å². The molecule has 0 aliphatic rings. The number of halogens is 4. The number of aliphatic imine (C=N–C) groups is 1. The Bertz CT molecular complexity index is 659. The van der Waals surface area contributed by atoms with Crippen molar-refractivity contribution in [3.8, 4) is 5.75 Å². The van der Waals surface area contributed by atoms with Crippen LogP contribution in [0.1, 0.15) is 5.56 Å². The number of hydrogen-bond donors (Lipinski definition) is 1. The van der Waals surface area contributed by atoms with Gasteiger partial charge >= 0.3 is 0 Å². The highest BCUT2D eigenvalue weighted by molar-refractivity contribution is 9.10. The molecule has 0 aliphatic heterocycles. The van der Waals surface area contributed by atoms with Crippen LogP contribution < -0.4 is 0 Å². The van der Waals surface area contributed by atoms with Crippen molar-refractivity contribution in [2.24, 2.45) is 4.99 Å². The van der Waals surface area contributed by atoms with Crippen molar-refractivity contribution in [3.63, 3.8) is 0 Å². The highest BCUT2D eigenvalue weighted by atomic mass is 79.9. The summed E-state index contributed by atoms with van der Waals surface area (Å²) in [6.07, 6.45) is 1.48. The van der Waals surface area contributed by atoms with Crippen LogP contribution in [-0.4, -0.2) is 11.3 Å². The molecule has 0 radical (unpaired) electrons. The fraction of sp³-hybridized carbons (Fsp3) is 0. The van der Waals surface area contributed by atoms with Gasteiger partial charge < -0.3 is 5.11 Å². The van der Waals surface area contributed by atoms with Crippen LogP contribution in [0, 0.1) is 0 Å². The van der Waals surface area contributed by atoms with Crippen LogP contribution in [0.15, 0.2) is 39.8 Å². The largest absolute Gasteiger partial charge is 0.506 e. The third-order valence-electron chi connectivity index (χ3n) is 2.31. The van der Waals surface area contributed by atoms with Crippen molar-refractivity contribution >= 4 is 62.6 Å². The third kappa shape index (κ3) is 3.63. The maximum Gasteiger partial charge on any atom is 0.143 e. The lowest BCUT2D eigenvalue weighted by molar-refractivity contribution is 0.475. The second-order valence-electron chi connectivity index (χ2n) is 3.68. The van der Waals surface area contributed by atoms with Gasteiger partial charge in [-0.05, 0) is 46.3 Å². The summed E-state index contributed by atoms with van der Waals surface area (Å²) >= 11 is 21.0. The average Bonchev–Trinajstić information content (AvgIpc) is 2.36. The predicted molar refractivity (Wildman–Crippen MR) is 84.5 cm³/mol. The lowest BCUT2D eigenvalue weighted by atomic mass is 10.2. The van der Waals surface area contributed by atoms with Crippen molar-refractivity contribution in [1.29, 1.82) is 0 Å². The second kappa shape index (κ2) is 6.14. The maximum absolute atomic E-state index is 9.78. The molecule has 0 heterocycles. The van der Waals surface area contributed by atoms with E-state index >= 15 is 0 Å². The molecule has 0 bridgehead atoms. The molecule has 0 atom stereocenters. The molecule has 2 nitrogen and oxygen atoms in total. The van der Waals surface area contributed by atoms with Gasteiger partial charge in [-0.2, -0.15) is 0 Å². The van der Waals surface area contributed by atoms with Crippen LogP contribution >= 0.6 is 50.7 Å². The highest BCUT2D eigenvalue weighted by Crippen LogP contribution is 2.31. The van der Waals surface area contributed by atoms with E-state index in [1.54, 1.807) is 24.3 Å². The molecular weight excluding hydrogens is 372 g/mol. The van der Waals surface area contributed by atoms with Gasteiger partial charge in [0.2, 0.25) is 0 Å². The molecule has 19 heavy (non-hydrogen) atoms. The maximum atomic E-state index is 9.78. The van der Waals surface area contributed by atoms with E-state index in [0.717, 1.165) is 4.47 Å². The first kappa shape index (κ1) is 14.7. The van der Waals surface area contributed by atoms with Gasteiger partial charge in [0, 0.05) is 21.3 Å². The van der Waals surface area contributed by atoms with Gasteiger partial charge in [-0.25, -0.2) is 0 Å². The zero-order chi connectivity index (χ0) is 14.0. The summed E-state index contributed by atoms with van der Waals surface area (Å²) in [5.41, 5.74) is 1.10. The molecule has 2 aromatic carbocycles. The zero-order valence-electron chi connectivity index (χ0n) is 9.37. The Morgan fingerprint density at radius 2 is 1.79 bits per heavy atom. The summed E-state index contributed by atoms with van der Waals surface area (Å²) in [5, 5.41) is 11.0. The van der Waals surface area contributed by atoms with Gasteiger partial charge in [0.15, 0.2) is 0 Å². The number of nitrogens with zero attached hydrogens (tertiary/aromatic N) is 1. The summed E-state index contributed by atoms with van der Waals surface area (Å²) in [6, 6.07) is 8.32. The van der Waals surface area contributed by atoms with Crippen LogP contribution in [0.3, 0.4) is 0 Å². The summed E-state index contributed by atoms with van der Waals surface area (Å²) in [7, 11) is 0. The molecule has 0 saturated carbocycles. The summed E-state index contributed by atoms with van der Waals surface area (Å²) in [5.74, 6) is -0.0574. The van der Waals surface area contributed by atoms with Crippen LogP contribution in [-0.2, 0) is 0 Å². The van der Waals surface area contributed by atoms with Crippen LogP contribution in [0.5, 0.6) is 5.75 Å². The van der Waals surface area contributed by atoms with Gasteiger partial charge in [-0.3, -0.25) is 4.99 Å². The first-order chi connectivity index (χ1) is 8.97. The van der Waals surface area contributed by atoms with E-state index in [0.29, 0.717) is 21.3 Å². The smallest absolute Gasteiger partial charge is 0.143 e. The Kier molecular flexibility index (Phi) is 4.74. The standard InChI is InChI=1S/C13H7BrCl3NO/c14-10-2-1-9(5-11(10)16)18-6-7-3-8(15)4-12(17)13(7)19/h1-6,19H. The molecule has 1 N–H and O–H groups in total. The lowest BCUT2D eigenvalue weighted by Crippen LogP contribution is -1.84. The van der Waals surface area contributed by atoms with Gasteiger partial charge in [0.25, 0.3) is 0 Å². The molecule has 6 heteroatoms. The first-order valence-electron chi connectivity index (χ1n) is 5.14. The zero-order valence-corrected chi connectivity index (χ0v) is 13.2. The van der Waals surface area contributed by atoms with Gasteiger partial charge in [0.1, 0.15) is 5.75 Å². The minimum atomic E-state index is -0.0574. The Balaban J connectivity index is 2.35. The Morgan fingerprint density at radius 1 is 1.05 bits per heavy atom. The molecule has 0 aliphatic carbocycles. The SMILES string of the molecule is Oc1c(Cl)cc(Cl)cc1C=Nc1ccc(Br)c(Cl)c1. The summed E-state index contributed by atoms with van der Waals surface area (Å²) < 4.78 is 0.793. The Labute approximate surface area is 133 Å². The molecule has 98 valence electrons. The highest BCUT2D eigenvalue weighted by Gasteiger charge is 2.06. The molecule has 0 unspecified atom stereocenters. The van der Waals surface area contributed by atoms with Crippen LogP contribution in [0.4, 0.5) is 5.69 Å². The van der Waals surface area contributed by atoms with Crippen LogP contribution in [0.25, 0.3) is 0 Å². The molecule has 2 rings (SSSR count). The molecule has 0 saturated heterocycles. The normalized spacial score (nSPS) is 11.2. The molecule has 0 amide bonds. The average molecular weight is 379 g/mol. The number of phenolic OH excluding ortho intramolecular Hbond substituents is 1. The van der Waals surface area contributed by atoms with E-state index in [1.807, 2.05) is 0 Å². The minimum absolute atomic E-state index is 0.0574. The van der Waals surface area contributed by atoms with Crippen molar-refractivity contribution in [2.75, 3.05) is 0 Å². The molecular formula is C13H7BrCl3NO. The third-order valence-corrected chi connectivity index (χ3v) is 4.05. The lowest BCUT2D eigenvalue weighted by Gasteiger charge is -2.02. The minimum Gasteiger partial charge on any atom is -0.506 e. The summed E-state index contributed by atoms with van der Waals surface area (Å²) in [6.45, 7) is 0. The number of phenols is 1. The molecule has 0 aromatic heterocycles. The van der Waals surface area contributed by atoms with E-state index in [2.05, 4.69) is 20.9 Å². The number of rotatable bonds is 2. The van der Waals surface area contributed by atoms with Gasteiger partial charge in [-0.15, -0.1) is 0 Å². The van der Waals surface area contributed by atoms with Gasteiger partial charge in [-0.1, -0.05) is 34.8 Å². The van der Waals surface area contributed by atoms with Crippen LogP contribution in [0.2, 0.25) is 15.1 Å². The number of benzene rings is 2. The number of hydrogen-bond acceptors (Lipinski definition) is 2. The number of aromatic hydroxyl groups is 1. The van der Waals surface area contributed by atoms with Crippen molar-refractivity contribution in [2.45, 2.75) is 0 Å².